The Hall–Kier alpha value is -0.300. The molecular weight excluding hydrogens is 182 g/mol. The van der Waals surface area contributed by atoms with Crippen molar-refractivity contribution in [3.05, 3.63) is 12.7 Å². The van der Waals surface area contributed by atoms with Crippen molar-refractivity contribution >= 4 is 0 Å². The summed E-state index contributed by atoms with van der Waals surface area (Å²) in [5.41, 5.74) is 0. The number of hydrogen-bond donors (Lipinski definition) is 1. The van der Waals surface area contributed by atoms with E-state index in [9.17, 15) is 0 Å². The van der Waals surface area contributed by atoms with Gasteiger partial charge in [0.25, 0.3) is 0 Å². The monoisotopic (exact) mass is 211 g/mol. The molecule has 1 atom stereocenters. The first-order chi connectivity index (χ1) is 7.35. The molecule has 0 aliphatic carbocycles. The van der Waals surface area contributed by atoms with E-state index in [-0.39, 0.29) is 0 Å². The normalized spacial score (nSPS) is 12.7. The molecule has 0 spiro atoms. The van der Waals surface area contributed by atoms with Gasteiger partial charge in [-0.1, -0.05) is 45.1 Å². The van der Waals surface area contributed by atoms with Gasteiger partial charge in [0.1, 0.15) is 0 Å². The third-order valence-corrected chi connectivity index (χ3v) is 3.03. The maximum Gasteiger partial charge on any atom is 0.00641 e. The first-order valence-electron chi connectivity index (χ1n) is 6.63. The van der Waals surface area contributed by atoms with Crippen LogP contribution in [0, 0.1) is 0 Å². The van der Waals surface area contributed by atoms with E-state index in [1.165, 1.54) is 51.4 Å². The molecule has 90 valence electrons. The van der Waals surface area contributed by atoms with Gasteiger partial charge in [0.05, 0.1) is 0 Å². The van der Waals surface area contributed by atoms with E-state index < -0.39 is 0 Å². The standard InChI is InChI=1S/C14H29N/c1-4-6-8-9-11-13-14(15-3)12-10-7-5-2/h5,14-15H,2,4,6-13H2,1,3H3. The summed E-state index contributed by atoms with van der Waals surface area (Å²) in [5.74, 6) is 0. The highest BCUT2D eigenvalue weighted by molar-refractivity contribution is 4.70. The molecule has 0 heterocycles. The molecule has 0 aromatic heterocycles. The Kier molecular flexibility index (Phi) is 11.5. The zero-order valence-electron chi connectivity index (χ0n) is 10.7. The maximum atomic E-state index is 3.76. The molecular formula is C14H29N. The molecule has 0 aromatic rings. The lowest BCUT2D eigenvalue weighted by atomic mass is 10.0. The Morgan fingerprint density at radius 1 is 1.07 bits per heavy atom. The lowest BCUT2D eigenvalue weighted by Gasteiger charge is -2.15. The van der Waals surface area contributed by atoms with Crippen LogP contribution in [0.25, 0.3) is 0 Å². The lowest BCUT2D eigenvalue weighted by Crippen LogP contribution is -2.24. The Balaban J connectivity index is 3.31. The van der Waals surface area contributed by atoms with Gasteiger partial charge in [0, 0.05) is 6.04 Å². The minimum absolute atomic E-state index is 0.728. The zero-order chi connectivity index (χ0) is 11.4. The van der Waals surface area contributed by atoms with Crippen molar-refractivity contribution in [3.8, 4) is 0 Å². The molecule has 0 saturated carbocycles. The summed E-state index contributed by atoms with van der Waals surface area (Å²) in [5, 5.41) is 3.42. The van der Waals surface area contributed by atoms with E-state index in [1.54, 1.807) is 0 Å². The lowest BCUT2D eigenvalue weighted by molar-refractivity contribution is 0.449. The molecule has 0 bridgehead atoms. The van der Waals surface area contributed by atoms with Gasteiger partial charge >= 0.3 is 0 Å². The van der Waals surface area contributed by atoms with Gasteiger partial charge in [-0.25, -0.2) is 0 Å². The summed E-state index contributed by atoms with van der Waals surface area (Å²) in [6.45, 7) is 6.03. The van der Waals surface area contributed by atoms with E-state index in [4.69, 9.17) is 0 Å². The van der Waals surface area contributed by atoms with E-state index in [1.807, 2.05) is 6.08 Å². The quantitative estimate of drug-likeness (QED) is 0.397. The molecule has 1 nitrogen and oxygen atoms in total. The molecule has 1 heteroatoms. The van der Waals surface area contributed by atoms with E-state index in [0.717, 1.165) is 12.5 Å². The van der Waals surface area contributed by atoms with Crippen LogP contribution in [0.4, 0.5) is 0 Å². The first kappa shape index (κ1) is 14.7. The van der Waals surface area contributed by atoms with E-state index in [0.29, 0.717) is 0 Å². The molecule has 0 rings (SSSR count). The van der Waals surface area contributed by atoms with Crippen molar-refractivity contribution in [3.63, 3.8) is 0 Å². The van der Waals surface area contributed by atoms with Crippen molar-refractivity contribution in [2.75, 3.05) is 7.05 Å². The molecule has 0 saturated heterocycles. The second kappa shape index (κ2) is 11.8. The summed E-state index contributed by atoms with van der Waals surface area (Å²) in [4.78, 5) is 0. The summed E-state index contributed by atoms with van der Waals surface area (Å²) in [7, 11) is 2.09. The van der Waals surface area contributed by atoms with Crippen molar-refractivity contribution in [2.24, 2.45) is 0 Å². The zero-order valence-corrected chi connectivity index (χ0v) is 10.7. The summed E-state index contributed by atoms with van der Waals surface area (Å²) < 4.78 is 0. The van der Waals surface area contributed by atoms with Crippen LogP contribution in [-0.4, -0.2) is 13.1 Å². The van der Waals surface area contributed by atoms with Crippen LogP contribution < -0.4 is 5.32 Å². The highest BCUT2D eigenvalue weighted by Gasteiger charge is 2.04. The Morgan fingerprint density at radius 2 is 1.73 bits per heavy atom. The van der Waals surface area contributed by atoms with Crippen molar-refractivity contribution < 1.29 is 0 Å². The smallest absolute Gasteiger partial charge is 0.00641 e. The Labute approximate surface area is 96.3 Å². The summed E-state index contributed by atoms with van der Waals surface area (Å²) >= 11 is 0. The maximum absolute atomic E-state index is 3.76. The predicted octanol–water partition coefficient (Wildman–Crippen LogP) is 4.29. The number of rotatable bonds is 11. The van der Waals surface area contributed by atoms with Crippen molar-refractivity contribution in [2.45, 2.75) is 70.8 Å². The Bertz CT molecular complexity index is 131. The molecule has 0 amide bonds. The summed E-state index contributed by atoms with van der Waals surface area (Å²) in [6, 6.07) is 0.728. The average molecular weight is 211 g/mol. The Morgan fingerprint density at radius 3 is 2.33 bits per heavy atom. The highest BCUT2D eigenvalue weighted by atomic mass is 14.9. The summed E-state index contributed by atoms with van der Waals surface area (Å²) in [6.07, 6.45) is 14.1. The van der Waals surface area contributed by atoms with Crippen LogP contribution in [0.2, 0.25) is 0 Å². The van der Waals surface area contributed by atoms with E-state index in [2.05, 4.69) is 25.9 Å². The van der Waals surface area contributed by atoms with Crippen LogP contribution in [0.1, 0.15) is 64.7 Å². The third-order valence-electron chi connectivity index (χ3n) is 3.03. The second-order valence-corrected chi connectivity index (χ2v) is 4.41. The number of nitrogens with one attached hydrogen (secondary N) is 1. The minimum atomic E-state index is 0.728. The van der Waals surface area contributed by atoms with Crippen LogP contribution >= 0.6 is 0 Å². The van der Waals surface area contributed by atoms with Crippen molar-refractivity contribution in [1.29, 1.82) is 0 Å². The largest absolute Gasteiger partial charge is 0.317 e. The van der Waals surface area contributed by atoms with Gasteiger partial charge in [-0.05, 0) is 32.7 Å². The van der Waals surface area contributed by atoms with Gasteiger partial charge in [0.2, 0.25) is 0 Å². The molecule has 0 aliphatic heterocycles. The fourth-order valence-corrected chi connectivity index (χ4v) is 1.94. The molecule has 0 radical (unpaired) electrons. The number of unbranched alkanes of at least 4 members (excludes halogenated alkanes) is 5. The first-order valence-corrected chi connectivity index (χ1v) is 6.63. The molecule has 1 N–H and O–H groups in total. The molecule has 15 heavy (non-hydrogen) atoms. The molecule has 0 fully saturated rings. The third kappa shape index (κ3) is 9.99. The molecule has 0 aliphatic rings. The molecule has 1 unspecified atom stereocenters. The molecule has 0 aromatic carbocycles. The van der Waals surface area contributed by atoms with Gasteiger partial charge in [-0.3, -0.25) is 0 Å². The topological polar surface area (TPSA) is 12.0 Å². The van der Waals surface area contributed by atoms with Crippen molar-refractivity contribution in [1.82, 2.24) is 5.32 Å². The number of allylic oxidation sites excluding steroid dienone is 1. The van der Waals surface area contributed by atoms with Crippen LogP contribution in [0.15, 0.2) is 12.7 Å². The van der Waals surface area contributed by atoms with Gasteiger partial charge in [0.15, 0.2) is 0 Å². The SMILES string of the molecule is C=CCCCC(CCCCCCC)NC. The van der Waals surface area contributed by atoms with Crippen LogP contribution in [0.3, 0.4) is 0 Å². The van der Waals surface area contributed by atoms with E-state index >= 15 is 0 Å². The van der Waals surface area contributed by atoms with Crippen LogP contribution in [-0.2, 0) is 0 Å². The fraction of sp³-hybridized carbons (Fsp3) is 0.857. The predicted molar refractivity (Wildman–Crippen MR) is 70.3 cm³/mol. The fourth-order valence-electron chi connectivity index (χ4n) is 1.94. The van der Waals surface area contributed by atoms with Gasteiger partial charge in [-0.15, -0.1) is 6.58 Å². The number of hydrogen-bond acceptors (Lipinski definition) is 1. The second-order valence-electron chi connectivity index (χ2n) is 4.41. The van der Waals surface area contributed by atoms with Crippen LogP contribution in [0.5, 0.6) is 0 Å². The minimum Gasteiger partial charge on any atom is -0.317 e. The average Bonchev–Trinajstić information content (AvgIpc) is 2.26. The van der Waals surface area contributed by atoms with Gasteiger partial charge < -0.3 is 5.32 Å². The highest BCUT2D eigenvalue weighted by Crippen LogP contribution is 2.11. The van der Waals surface area contributed by atoms with Gasteiger partial charge in [-0.2, -0.15) is 0 Å².